The Labute approximate surface area is 114 Å². The molecule has 19 heavy (non-hydrogen) atoms. The van der Waals surface area contributed by atoms with Gasteiger partial charge in [-0.2, -0.15) is 0 Å². The summed E-state index contributed by atoms with van der Waals surface area (Å²) in [7, 11) is 0. The van der Waals surface area contributed by atoms with Gasteiger partial charge >= 0.3 is 0 Å². The summed E-state index contributed by atoms with van der Waals surface area (Å²) in [4.78, 5) is 12.2. The molecular weight excluding hydrogens is 238 g/mol. The minimum absolute atomic E-state index is 0.0379. The van der Waals surface area contributed by atoms with E-state index in [1.54, 1.807) is 0 Å². The molecule has 1 amide bonds. The maximum Gasteiger partial charge on any atom is 0.226 e. The molecule has 0 aliphatic carbocycles. The number of nitrogens with one attached hydrogen (secondary N) is 3. The van der Waals surface area contributed by atoms with E-state index in [-0.39, 0.29) is 17.9 Å². The Kier molecular flexibility index (Phi) is 5.36. The maximum absolute atomic E-state index is 12.2. The fourth-order valence-corrected chi connectivity index (χ4v) is 2.44. The number of amides is 1. The van der Waals surface area contributed by atoms with E-state index in [0.717, 1.165) is 18.5 Å². The molecule has 2 atom stereocenters. The van der Waals surface area contributed by atoms with E-state index in [2.05, 4.69) is 35.2 Å². The van der Waals surface area contributed by atoms with Crippen LogP contribution in [0.3, 0.4) is 0 Å². The summed E-state index contributed by atoms with van der Waals surface area (Å²) in [6.07, 6.45) is 3.41. The van der Waals surface area contributed by atoms with Gasteiger partial charge in [-0.05, 0) is 12.0 Å². The van der Waals surface area contributed by atoms with Gasteiger partial charge in [0.15, 0.2) is 0 Å². The van der Waals surface area contributed by atoms with Gasteiger partial charge in [0.25, 0.3) is 0 Å². The zero-order chi connectivity index (χ0) is 13.5. The van der Waals surface area contributed by atoms with Gasteiger partial charge in [0.2, 0.25) is 5.91 Å². The van der Waals surface area contributed by atoms with Gasteiger partial charge in [0.05, 0.1) is 12.0 Å². The second-order valence-corrected chi connectivity index (χ2v) is 5.02. The molecular formula is C15H23N3O. The molecule has 1 aromatic rings. The van der Waals surface area contributed by atoms with Crippen LogP contribution in [0.2, 0.25) is 0 Å². The summed E-state index contributed by atoms with van der Waals surface area (Å²) >= 11 is 0. The van der Waals surface area contributed by atoms with Crippen molar-refractivity contribution in [1.82, 2.24) is 16.2 Å². The molecule has 0 spiro atoms. The first-order valence-electron chi connectivity index (χ1n) is 7.14. The number of unbranched alkanes of at least 4 members (excludes halogenated alkanes) is 2. The Hall–Kier alpha value is -1.39. The van der Waals surface area contributed by atoms with Crippen molar-refractivity contribution in [2.75, 3.05) is 13.1 Å². The van der Waals surface area contributed by atoms with Crippen LogP contribution in [0.1, 0.15) is 37.8 Å². The Morgan fingerprint density at radius 3 is 2.84 bits per heavy atom. The van der Waals surface area contributed by atoms with Crippen LogP contribution in [0.5, 0.6) is 0 Å². The monoisotopic (exact) mass is 261 g/mol. The van der Waals surface area contributed by atoms with Crippen molar-refractivity contribution in [3.8, 4) is 0 Å². The summed E-state index contributed by atoms with van der Waals surface area (Å²) in [6, 6.07) is 10.2. The normalized spacial score (nSPS) is 22.4. The zero-order valence-corrected chi connectivity index (χ0v) is 11.5. The van der Waals surface area contributed by atoms with Crippen LogP contribution < -0.4 is 16.2 Å². The van der Waals surface area contributed by atoms with Gasteiger partial charge in [-0.3, -0.25) is 10.2 Å². The summed E-state index contributed by atoms with van der Waals surface area (Å²) < 4.78 is 0. The van der Waals surface area contributed by atoms with Crippen molar-refractivity contribution in [3.63, 3.8) is 0 Å². The average Bonchev–Trinajstić information content (AvgIpc) is 2.94. The number of carbonyl (C=O) groups is 1. The van der Waals surface area contributed by atoms with Gasteiger partial charge in [0, 0.05) is 13.1 Å². The van der Waals surface area contributed by atoms with Crippen molar-refractivity contribution < 1.29 is 4.79 Å². The maximum atomic E-state index is 12.2. The Morgan fingerprint density at radius 1 is 1.32 bits per heavy atom. The van der Waals surface area contributed by atoms with E-state index < -0.39 is 0 Å². The lowest BCUT2D eigenvalue weighted by Gasteiger charge is -2.18. The molecule has 1 heterocycles. The smallest absolute Gasteiger partial charge is 0.226 e. The predicted octanol–water partition coefficient (Wildman–Crippen LogP) is 1.76. The highest BCUT2D eigenvalue weighted by Crippen LogP contribution is 2.24. The van der Waals surface area contributed by atoms with Crippen LogP contribution >= 0.6 is 0 Å². The average molecular weight is 261 g/mol. The number of hydrogen-bond donors (Lipinski definition) is 3. The lowest BCUT2D eigenvalue weighted by Crippen LogP contribution is -2.35. The third-order valence-corrected chi connectivity index (χ3v) is 3.56. The van der Waals surface area contributed by atoms with E-state index in [0.29, 0.717) is 6.54 Å². The molecule has 2 unspecified atom stereocenters. The third-order valence-electron chi connectivity index (χ3n) is 3.56. The number of benzene rings is 1. The molecule has 4 heteroatoms. The largest absolute Gasteiger partial charge is 0.356 e. The van der Waals surface area contributed by atoms with Crippen molar-refractivity contribution >= 4 is 5.91 Å². The summed E-state index contributed by atoms with van der Waals surface area (Å²) in [5, 5.41) is 3.04. The fourth-order valence-electron chi connectivity index (χ4n) is 2.44. The molecule has 0 bridgehead atoms. The molecule has 1 aliphatic heterocycles. The van der Waals surface area contributed by atoms with Crippen LogP contribution in [-0.4, -0.2) is 19.0 Å². The fraction of sp³-hybridized carbons (Fsp3) is 0.533. The highest BCUT2D eigenvalue weighted by molar-refractivity contribution is 5.80. The quantitative estimate of drug-likeness (QED) is 0.684. The number of hydrazine groups is 1. The molecule has 1 saturated heterocycles. The Morgan fingerprint density at radius 2 is 2.11 bits per heavy atom. The summed E-state index contributed by atoms with van der Waals surface area (Å²) in [5.74, 6) is 0.103. The van der Waals surface area contributed by atoms with E-state index in [9.17, 15) is 4.79 Å². The molecule has 4 nitrogen and oxygen atoms in total. The minimum Gasteiger partial charge on any atom is -0.356 e. The first-order valence-corrected chi connectivity index (χ1v) is 7.14. The van der Waals surface area contributed by atoms with Gasteiger partial charge in [0.1, 0.15) is 0 Å². The predicted molar refractivity (Wildman–Crippen MR) is 76.3 cm³/mol. The minimum atomic E-state index is -0.0379. The molecule has 104 valence electrons. The lowest BCUT2D eigenvalue weighted by molar-refractivity contribution is -0.124. The van der Waals surface area contributed by atoms with Crippen LogP contribution in [0.15, 0.2) is 30.3 Å². The molecule has 3 N–H and O–H groups in total. The second kappa shape index (κ2) is 7.26. The van der Waals surface area contributed by atoms with Crippen molar-refractivity contribution in [3.05, 3.63) is 35.9 Å². The van der Waals surface area contributed by atoms with E-state index in [4.69, 9.17) is 0 Å². The van der Waals surface area contributed by atoms with E-state index in [1.165, 1.54) is 12.8 Å². The SMILES string of the molecule is CCCCCNC(=O)C1CNNC1c1ccccc1. The molecule has 1 fully saturated rings. The number of rotatable bonds is 6. The lowest BCUT2D eigenvalue weighted by atomic mass is 9.94. The zero-order valence-electron chi connectivity index (χ0n) is 11.5. The van der Waals surface area contributed by atoms with Crippen LogP contribution in [-0.2, 0) is 4.79 Å². The first-order chi connectivity index (χ1) is 9.33. The van der Waals surface area contributed by atoms with Gasteiger partial charge in [-0.1, -0.05) is 50.1 Å². The van der Waals surface area contributed by atoms with Gasteiger partial charge in [-0.25, -0.2) is 5.43 Å². The second-order valence-electron chi connectivity index (χ2n) is 5.02. The highest BCUT2D eigenvalue weighted by atomic mass is 16.2. The van der Waals surface area contributed by atoms with Crippen LogP contribution in [0.4, 0.5) is 0 Å². The first kappa shape index (κ1) is 14.0. The Bertz CT molecular complexity index is 394. The summed E-state index contributed by atoms with van der Waals surface area (Å²) in [6.45, 7) is 3.63. The van der Waals surface area contributed by atoms with E-state index >= 15 is 0 Å². The number of carbonyl (C=O) groups excluding carboxylic acids is 1. The molecule has 0 saturated carbocycles. The van der Waals surface area contributed by atoms with Crippen molar-refractivity contribution in [2.45, 2.75) is 32.2 Å². The Balaban J connectivity index is 1.90. The molecule has 0 aromatic heterocycles. The van der Waals surface area contributed by atoms with Gasteiger partial charge in [-0.15, -0.1) is 0 Å². The standard InChI is InChI=1S/C15H23N3O/c1-2-3-7-10-16-15(19)13-11-17-18-14(13)12-8-5-4-6-9-12/h4-6,8-9,13-14,17-18H,2-3,7,10-11H2,1H3,(H,16,19). The topological polar surface area (TPSA) is 53.2 Å². The number of hydrogen-bond acceptors (Lipinski definition) is 3. The highest BCUT2D eigenvalue weighted by Gasteiger charge is 2.33. The third kappa shape index (κ3) is 3.78. The summed E-state index contributed by atoms with van der Waals surface area (Å²) in [5.41, 5.74) is 7.44. The molecule has 0 radical (unpaired) electrons. The van der Waals surface area contributed by atoms with Gasteiger partial charge < -0.3 is 5.32 Å². The van der Waals surface area contributed by atoms with Crippen LogP contribution in [0.25, 0.3) is 0 Å². The van der Waals surface area contributed by atoms with Crippen molar-refractivity contribution in [1.29, 1.82) is 0 Å². The van der Waals surface area contributed by atoms with Crippen molar-refractivity contribution in [2.24, 2.45) is 5.92 Å². The molecule has 1 aromatic carbocycles. The van der Waals surface area contributed by atoms with E-state index in [1.807, 2.05) is 18.2 Å². The molecule has 2 rings (SSSR count). The van der Waals surface area contributed by atoms with Crippen LogP contribution in [0, 0.1) is 5.92 Å². The molecule has 1 aliphatic rings.